The van der Waals surface area contributed by atoms with Gasteiger partial charge in [0, 0.05) is 43.8 Å². The minimum Gasteiger partial charge on any atom is -0.341 e. The summed E-state index contributed by atoms with van der Waals surface area (Å²) in [7, 11) is 0. The maximum Gasteiger partial charge on any atom is 0.0601 e. The fraction of sp³-hybridized carbons (Fsp3) is 0.0769. The second kappa shape index (κ2) is 6.43. The fourth-order valence-electron chi connectivity index (χ4n) is 4.50. The molecule has 4 aromatic carbocycles. The number of hydrogen-bond donors (Lipinski definition) is 0. The molecule has 0 N–H and O–H groups in total. The molecule has 1 aliphatic heterocycles. The van der Waals surface area contributed by atoms with Gasteiger partial charge in [-0.05, 0) is 55.5 Å². The first-order valence-corrected chi connectivity index (χ1v) is 10.8. The minimum absolute atomic E-state index is 0.968. The molecule has 0 aliphatic carbocycles. The van der Waals surface area contributed by atoms with Crippen molar-refractivity contribution in [3.63, 3.8) is 0 Å². The summed E-state index contributed by atoms with van der Waals surface area (Å²) in [5.41, 5.74) is 6.30. The molecule has 140 valence electrons. The summed E-state index contributed by atoms with van der Waals surface area (Å²) in [6.45, 7) is 3.18. The Morgan fingerprint density at radius 2 is 1.28 bits per heavy atom. The van der Waals surface area contributed by atoms with E-state index in [0.29, 0.717) is 0 Å². The van der Waals surface area contributed by atoms with Crippen LogP contribution in [-0.4, -0.2) is 4.57 Å². The number of hydrogen-bond acceptors (Lipinski definition) is 2. The van der Waals surface area contributed by atoms with Gasteiger partial charge in [0.05, 0.1) is 11.4 Å². The van der Waals surface area contributed by atoms with Crippen LogP contribution in [-0.2, 0) is 6.54 Å². The minimum atomic E-state index is 0.968. The van der Waals surface area contributed by atoms with Crippen molar-refractivity contribution in [2.24, 2.45) is 0 Å². The van der Waals surface area contributed by atoms with Crippen LogP contribution in [0.4, 0.5) is 17.1 Å². The van der Waals surface area contributed by atoms with Crippen LogP contribution in [0.5, 0.6) is 0 Å². The van der Waals surface area contributed by atoms with Gasteiger partial charge in [0.25, 0.3) is 0 Å². The van der Waals surface area contributed by atoms with Crippen LogP contribution >= 0.6 is 11.8 Å². The molecule has 0 saturated carbocycles. The highest BCUT2D eigenvalue weighted by molar-refractivity contribution is 7.99. The van der Waals surface area contributed by atoms with E-state index in [-0.39, 0.29) is 0 Å². The van der Waals surface area contributed by atoms with E-state index in [9.17, 15) is 0 Å². The van der Waals surface area contributed by atoms with Crippen LogP contribution in [0.15, 0.2) is 101 Å². The Morgan fingerprint density at radius 1 is 0.655 bits per heavy atom. The number of nitrogens with zero attached hydrogens (tertiary/aromatic N) is 2. The van der Waals surface area contributed by atoms with Crippen molar-refractivity contribution in [1.29, 1.82) is 0 Å². The Kier molecular flexibility index (Phi) is 3.71. The van der Waals surface area contributed by atoms with Gasteiger partial charge in [0.15, 0.2) is 0 Å². The van der Waals surface area contributed by atoms with E-state index >= 15 is 0 Å². The zero-order valence-corrected chi connectivity index (χ0v) is 17.0. The van der Waals surface area contributed by atoms with Crippen molar-refractivity contribution in [3.05, 3.63) is 91.0 Å². The van der Waals surface area contributed by atoms with Crippen molar-refractivity contribution in [2.75, 3.05) is 4.90 Å². The van der Waals surface area contributed by atoms with E-state index in [0.717, 1.165) is 6.54 Å². The third-order valence-electron chi connectivity index (χ3n) is 5.76. The maximum atomic E-state index is 2.41. The van der Waals surface area contributed by atoms with Gasteiger partial charge >= 0.3 is 0 Å². The summed E-state index contributed by atoms with van der Waals surface area (Å²) < 4.78 is 2.41. The molecular formula is C26H20N2S. The van der Waals surface area contributed by atoms with Crippen molar-refractivity contribution in [2.45, 2.75) is 23.3 Å². The quantitative estimate of drug-likeness (QED) is 0.298. The van der Waals surface area contributed by atoms with Gasteiger partial charge in [-0.25, -0.2) is 0 Å². The second-order valence-electron chi connectivity index (χ2n) is 7.34. The molecule has 0 atom stereocenters. The third-order valence-corrected chi connectivity index (χ3v) is 6.89. The standard InChI is InChI=1S/C26H20N2S/c1-2-27-21-10-4-3-9-19(21)20-17-18(15-16-22(20)27)28-23-11-5-7-13-25(23)29-26-14-8-6-12-24(26)28/h3-17H,2H2,1H3. The Bertz CT molecular complexity index is 1340. The highest BCUT2D eigenvalue weighted by Gasteiger charge is 2.24. The van der Waals surface area contributed by atoms with Gasteiger partial charge in [-0.2, -0.15) is 0 Å². The van der Waals surface area contributed by atoms with E-state index in [1.807, 2.05) is 11.8 Å². The summed E-state index contributed by atoms with van der Waals surface area (Å²) in [5, 5.41) is 2.63. The molecule has 29 heavy (non-hydrogen) atoms. The van der Waals surface area contributed by atoms with Crippen molar-refractivity contribution < 1.29 is 0 Å². The Hall–Kier alpha value is -3.17. The van der Waals surface area contributed by atoms with E-state index in [4.69, 9.17) is 0 Å². The topological polar surface area (TPSA) is 8.17 Å². The first kappa shape index (κ1) is 16.8. The first-order valence-electron chi connectivity index (χ1n) is 10.0. The molecule has 0 radical (unpaired) electrons. The smallest absolute Gasteiger partial charge is 0.0601 e. The normalized spacial score (nSPS) is 12.9. The van der Waals surface area contributed by atoms with Crippen molar-refractivity contribution in [3.8, 4) is 0 Å². The van der Waals surface area contributed by atoms with Crippen LogP contribution in [0.25, 0.3) is 21.8 Å². The largest absolute Gasteiger partial charge is 0.341 e. The van der Waals surface area contributed by atoms with Crippen molar-refractivity contribution in [1.82, 2.24) is 4.57 Å². The van der Waals surface area contributed by atoms with Gasteiger partial charge in [0.2, 0.25) is 0 Å². The number of rotatable bonds is 2. The van der Waals surface area contributed by atoms with Gasteiger partial charge in [-0.15, -0.1) is 0 Å². The maximum absolute atomic E-state index is 2.41. The van der Waals surface area contributed by atoms with Gasteiger partial charge in [0.1, 0.15) is 0 Å². The van der Waals surface area contributed by atoms with Crippen LogP contribution < -0.4 is 4.90 Å². The zero-order chi connectivity index (χ0) is 19.4. The lowest BCUT2D eigenvalue weighted by Crippen LogP contribution is -2.14. The Balaban J connectivity index is 1.64. The second-order valence-corrected chi connectivity index (χ2v) is 8.42. The lowest BCUT2D eigenvalue weighted by atomic mass is 10.1. The van der Waals surface area contributed by atoms with Crippen LogP contribution in [0.2, 0.25) is 0 Å². The summed E-state index contributed by atoms with van der Waals surface area (Å²) in [6.07, 6.45) is 0. The zero-order valence-electron chi connectivity index (χ0n) is 16.2. The monoisotopic (exact) mass is 392 g/mol. The van der Waals surface area contributed by atoms with E-state index in [1.54, 1.807) is 0 Å². The molecule has 6 rings (SSSR count). The third kappa shape index (κ3) is 2.44. The lowest BCUT2D eigenvalue weighted by molar-refractivity contribution is 0.827. The molecular weight excluding hydrogens is 372 g/mol. The summed E-state index contributed by atoms with van der Waals surface area (Å²) in [6, 6.07) is 33.0. The lowest BCUT2D eigenvalue weighted by Gasteiger charge is -2.32. The molecule has 1 aliphatic rings. The predicted molar refractivity (Wildman–Crippen MR) is 124 cm³/mol. The molecule has 5 aromatic rings. The van der Waals surface area contributed by atoms with E-state index < -0.39 is 0 Å². The highest BCUT2D eigenvalue weighted by atomic mass is 32.2. The Morgan fingerprint density at radius 3 is 2.00 bits per heavy atom. The molecule has 3 heteroatoms. The molecule has 2 heterocycles. The van der Waals surface area contributed by atoms with Gasteiger partial charge < -0.3 is 9.47 Å². The van der Waals surface area contributed by atoms with Crippen LogP contribution in [0.1, 0.15) is 6.92 Å². The summed E-state index contributed by atoms with van der Waals surface area (Å²) >= 11 is 1.85. The average Bonchev–Trinajstić information content (AvgIpc) is 3.10. The van der Waals surface area contributed by atoms with Gasteiger partial charge in [-0.1, -0.05) is 54.2 Å². The van der Waals surface area contributed by atoms with E-state index in [2.05, 4.69) is 107 Å². The molecule has 0 unspecified atom stereocenters. The molecule has 0 spiro atoms. The van der Waals surface area contributed by atoms with Crippen LogP contribution in [0.3, 0.4) is 0 Å². The SMILES string of the molecule is CCn1c2ccccc2c2cc(N3c4ccccc4Sc4ccccc43)ccc21. The molecule has 0 amide bonds. The van der Waals surface area contributed by atoms with Crippen molar-refractivity contribution >= 4 is 50.6 Å². The number of para-hydroxylation sites is 3. The van der Waals surface area contributed by atoms with Crippen LogP contribution in [0, 0.1) is 0 Å². The number of fused-ring (bicyclic) bond motifs is 5. The Labute approximate surface area is 174 Å². The number of benzene rings is 4. The summed E-state index contributed by atoms with van der Waals surface area (Å²) in [4.78, 5) is 4.99. The number of aryl methyl sites for hydroxylation is 1. The highest BCUT2D eigenvalue weighted by Crippen LogP contribution is 2.51. The molecule has 1 aromatic heterocycles. The summed E-state index contributed by atoms with van der Waals surface area (Å²) in [5.74, 6) is 0. The van der Waals surface area contributed by atoms with Gasteiger partial charge in [-0.3, -0.25) is 0 Å². The number of aromatic nitrogens is 1. The first-order chi connectivity index (χ1) is 14.3. The average molecular weight is 393 g/mol. The van der Waals surface area contributed by atoms with E-state index in [1.165, 1.54) is 48.7 Å². The molecule has 2 nitrogen and oxygen atoms in total. The molecule has 0 bridgehead atoms. The molecule has 0 saturated heterocycles. The number of anilines is 3. The predicted octanol–water partition coefficient (Wildman–Crippen LogP) is 7.75. The molecule has 0 fully saturated rings. The fourth-order valence-corrected chi connectivity index (χ4v) is 5.56.